The summed E-state index contributed by atoms with van der Waals surface area (Å²) < 4.78 is 18.1. The predicted molar refractivity (Wildman–Crippen MR) is 50.7 cm³/mol. The minimum atomic E-state index is -0.357. The molecule has 1 atom stereocenters. The number of ether oxygens (including phenoxy) is 1. The molecule has 1 aromatic heterocycles. The molecule has 0 radical (unpaired) electrons. The lowest BCUT2D eigenvalue weighted by molar-refractivity contribution is 0.0766. The van der Waals surface area contributed by atoms with Crippen LogP contribution < -0.4 is 4.74 Å². The Bertz CT molecular complexity index is 319. The van der Waals surface area contributed by atoms with Gasteiger partial charge >= 0.3 is 0 Å². The van der Waals surface area contributed by atoms with Crippen molar-refractivity contribution < 1.29 is 9.13 Å². The molecule has 1 aromatic rings. The number of hydrogen-bond acceptors (Lipinski definition) is 3. The molecule has 0 N–H and O–H groups in total. The van der Waals surface area contributed by atoms with Gasteiger partial charge in [-0.2, -0.15) is 0 Å². The first-order chi connectivity index (χ1) is 6.75. The van der Waals surface area contributed by atoms with E-state index in [9.17, 15) is 4.39 Å². The molecule has 4 heteroatoms. The second-order valence-electron chi connectivity index (χ2n) is 3.57. The lowest BCUT2D eigenvalue weighted by Gasteiger charge is -2.37. The molecule has 0 spiro atoms. The lowest BCUT2D eigenvalue weighted by atomic mass is 10.1. The van der Waals surface area contributed by atoms with E-state index < -0.39 is 0 Å². The van der Waals surface area contributed by atoms with Crippen LogP contribution in [0.5, 0.6) is 5.75 Å². The van der Waals surface area contributed by atoms with Gasteiger partial charge in [-0.3, -0.25) is 9.88 Å². The first-order valence-corrected chi connectivity index (χ1v) is 4.69. The standard InChI is InChI=1S/C10H13FN2O/c1-13-3-2-9(13)7-14-10-4-8(11)5-12-6-10/h4-6,9H,2-3,7H2,1H3/t9-/m0/s1. The number of rotatable bonds is 3. The molecule has 1 aliphatic rings. The second-order valence-corrected chi connectivity index (χ2v) is 3.57. The summed E-state index contributed by atoms with van der Waals surface area (Å²) >= 11 is 0. The number of pyridine rings is 1. The van der Waals surface area contributed by atoms with E-state index in [0.717, 1.165) is 13.0 Å². The topological polar surface area (TPSA) is 25.4 Å². The summed E-state index contributed by atoms with van der Waals surface area (Å²) in [6, 6.07) is 1.82. The summed E-state index contributed by atoms with van der Waals surface area (Å²) in [6.07, 6.45) is 3.85. The molecule has 1 fully saturated rings. The fourth-order valence-corrected chi connectivity index (χ4v) is 1.44. The van der Waals surface area contributed by atoms with Crippen LogP contribution in [0.25, 0.3) is 0 Å². The predicted octanol–water partition coefficient (Wildman–Crippen LogP) is 1.30. The molecule has 2 heterocycles. The number of aromatic nitrogens is 1. The molecule has 0 aliphatic carbocycles. The van der Waals surface area contributed by atoms with Gasteiger partial charge < -0.3 is 4.74 Å². The average Bonchev–Trinajstić information content (AvgIpc) is 2.16. The van der Waals surface area contributed by atoms with E-state index in [1.807, 2.05) is 0 Å². The highest BCUT2D eigenvalue weighted by atomic mass is 19.1. The van der Waals surface area contributed by atoms with Gasteiger partial charge in [0, 0.05) is 12.1 Å². The largest absolute Gasteiger partial charge is 0.490 e. The number of likely N-dealkylation sites (tertiary alicyclic amines) is 1. The van der Waals surface area contributed by atoms with E-state index in [1.165, 1.54) is 18.5 Å². The monoisotopic (exact) mass is 196 g/mol. The fourth-order valence-electron chi connectivity index (χ4n) is 1.44. The van der Waals surface area contributed by atoms with Crippen molar-refractivity contribution in [1.29, 1.82) is 0 Å². The highest BCUT2D eigenvalue weighted by Crippen LogP contribution is 2.16. The Morgan fingerprint density at radius 3 is 3.07 bits per heavy atom. The Kier molecular flexibility index (Phi) is 2.63. The van der Waals surface area contributed by atoms with Crippen LogP contribution in [-0.4, -0.2) is 36.1 Å². The number of nitrogens with zero attached hydrogens (tertiary/aromatic N) is 2. The van der Waals surface area contributed by atoms with Gasteiger partial charge in [-0.25, -0.2) is 4.39 Å². The van der Waals surface area contributed by atoms with Gasteiger partial charge in [0.1, 0.15) is 18.2 Å². The van der Waals surface area contributed by atoms with Gasteiger partial charge in [-0.1, -0.05) is 0 Å². The minimum Gasteiger partial charge on any atom is -0.490 e. The molecule has 0 amide bonds. The smallest absolute Gasteiger partial charge is 0.145 e. The normalized spacial score (nSPS) is 21.7. The van der Waals surface area contributed by atoms with Crippen LogP contribution in [0, 0.1) is 5.82 Å². The Balaban J connectivity index is 1.85. The van der Waals surface area contributed by atoms with Gasteiger partial charge in [0.2, 0.25) is 0 Å². The van der Waals surface area contributed by atoms with Crippen LogP contribution in [0.15, 0.2) is 18.5 Å². The number of halogens is 1. The van der Waals surface area contributed by atoms with Gasteiger partial charge in [-0.15, -0.1) is 0 Å². The molecule has 1 aliphatic heterocycles. The van der Waals surface area contributed by atoms with Crippen molar-refractivity contribution in [3.8, 4) is 5.75 Å². The Morgan fingerprint density at radius 1 is 1.64 bits per heavy atom. The highest BCUT2D eigenvalue weighted by molar-refractivity contribution is 5.16. The van der Waals surface area contributed by atoms with Crippen LogP contribution >= 0.6 is 0 Å². The average molecular weight is 196 g/mol. The van der Waals surface area contributed by atoms with E-state index in [2.05, 4.69) is 16.9 Å². The second kappa shape index (κ2) is 3.92. The van der Waals surface area contributed by atoms with Crippen molar-refractivity contribution in [2.75, 3.05) is 20.2 Å². The molecular formula is C10H13FN2O. The van der Waals surface area contributed by atoms with Crippen molar-refractivity contribution >= 4 is 0 Å². The molecule has 14 heavy (non-hydrogen) atoms. The van der Waals surface area contributed by atoms with Crippen molar-refractivity contribution in [3.63, 3.8) is 0 Å². The third-order valence-corrected chi connectivity index (χ3v) is 2.56. The Morgan fingerprint density at radius 2 is 2.50 bits per heavy atom. The molecule has 0 aromatic carbocycles. The van der Waals surface area contributed by atoms with Crippen LogP contribution in [0.4, 0.5) is 4.39 Å². The Labute approximate surface area is 82.5 Å². The van der Waals surface area contributed by atoms with Crippen LogP contribution in [0.3, 0.4) is 0 Å². The van der Waals surface area contributed by atoms with Crippen molar-refractivity contribution in [2.24, 2.45) is 0 Å². The van der Waals surface area contributed by atoms with E-state index in [1.54, 1.807) is 0 Å². The number of hydrogen-bond donors (Lipinski definition) is 0. The van der Waals surface area contributed by atoms with Crippen molar-refractivity contribution in [2.45, 2.75) is 12.5 Å². The summed E-state index contributed by atoms with van der Waals surface area (Å²) in [5, 5.41) is 0. The summed E-state index contributed by atoms with van der Waals surface area (Å²) in [6.45, 7) is 1.73. The first-order valence-electron chi connectivity index (χ1n) is 4.69. The maximum atomic E-state index is 12.7. The van der Waals surface area contributed by atoms with E-state index in [0.29, 0.717) is 18.4 Å². The van der Waals surface area contributed by atoms with Crippen LogP contribution in [0.2, 0.25) is 0 Å². The zero-order valence-corrected chi connectivity index (χ0v) is 8.11. The van der Waals surface area contributed by atoms with E-state index >= 15 is 0 Å². The van der Waals surface area contributed by atoms with E-state index in [-0.39, 0.29) is 5.82 Å². The third-order valence-electron chi connectivity index (χ3n) is 2.56. The summed E-state index contributed by atoms with van der Waals surface area (Å²) in [5.74, 6) is 0.148. The van der Waals surface area contributed by atoms with Gasteiger partial charge in [0.25, 0.3) is 0 Å². The third kappa shape index (κ3) is 2.01. The summed E-state index contributed by atoms with van der Waals surface area (Å²) in [7, 11) is 2.06. The van der Waals surface area contributed by atoms with Crippen LogP contribution in [0.1, 0.15) is 6.42 Å². The van der Waals surface area contributed by atoms with Gasteiger partial charge in [0.05, 0.1) is 12.4 Å². The molecule has 2 rings (SSSR count). The maximum Gasteiger partial charge on any atom is 0.145 e. The minimum absolute atomic E-state index is 0.357. The fraction of sp³-hybridized carbons (Fsp3) is 0.500. The maximum absolute atomic E-state index is 12.7. The van der Waals surface area contributed by atoms with Gasteiger partial charge in [0.15, 0.2) is 0 Å². The molecule has 3 nitrogen and oxygen atoms in total. The molecule has 76 valence electrons. The van der Waals surface area contributed by atoms with Crippen molar-refractivity contribution in [3.05, 3.63) is 24.3 Å². The zero-order valence-electron chi connectivity index (χ0n) is 8.11. The molecule has 0 unspecified atom stereocenters. The molecule has 0 bridgehead atoms. The van der Waals surface area contributed by atoms with Crippen LogP contribution in [-0.2, 0) is 0 Å². The zero-order chi connectivity index (χ0) is 9.97. The highest BCUT2D eigenvalue weighted by Gasteiger charge is 2.24. The summed E-state index contributed by atoms with van der Waals surface area (Å²) in [4.78, 5) is 5.93. The number of likely N-dealkylation sites (N-methyl/N-ethyl adjacent to an activating group) is 1. The SMILES string of the molecule is CN1CC[C@H]1COc1cncc(F)c1. The Hall–Kier alpha value is -1.16. The molecule has 0 saturated carbocycles. The first kappa shape index (κ1) is 9.40. The quantitative estimate of drug-likeness (QED) is 0.728. The molecule has 1 saturated heterocycles. The van der Waals surface area contributed by atoms with Crippen molar-refractivity contribution in [1.82, 2.24) is 9.88 Å². The summed E-state index contributed by atoms with van der Waals surface area (Å²) in [5.41, 5.74) is 0. The molecular weight excluding hydrogens is 183 g/mol. The van der Waals surface area contributed by atoms with E-state index in [4.69, 9.17) is 4.74 Å². The van der Waals surface area contributed by atoms with Gasteiger partial charge in [-0.05, 0) is 20.0 Å². The lowest BCUT2D eigenvalue weighted by Crippen LogP contribution is -2.48.